The molecule has 1 heterocycles. The molecule has 0 saturated carbocycles. The van der Waals surface area contributed by atoms with Crippen molar-refractivity contribution in [3.05, 3.63) is 35.4 Å². The number of carboxylic acids is 1. The predicted octanol–water partition coefficient (Wildman–Crippen LogP) is 1.21. The summed E-state index contributed by atoms with van der Waals surface area (Å²) in [6.07, 6.45) is 0.589. The Morgan fingerprint density at radius 1 is 1.36 bits per heavy atom. The Morgan fingerprint density at radius 2 is 2.00 bits per heavy atom. The van der Waals surface area contributed by atoms with Gasteiger partial charge in [0.1, 0.15) is 6.04 Å². The van der Waals surface area contributed by atoms with E-state index < -0.39 is 12.0 Å². The molecule has 0 aromatic heterocycles. The van der Waals surface area contributed by atoms with Gasteiger partial charge in [-0.3, -0.25) is 4.79 Å². The van der Waals surface area contributed by atoms with Gasteiger partial charge >= 0.3 is 5.97 Å². The smallest absolute Gasteiger partial charge is 0.321 e. The second-order valence-corrected chi connectivity index (χ2v) is 3.24. The highest BCUT2D eigenvalue weighted by Crippen LogP contribution is 2.15. The number of hydrogen-bond donors (Lipinski definition) is 2. The molecule has 1 aliphatic rings. The van der Waals surface area contributed by atoms with E-state index in [9.17, 15) is 4.79 Å². The van der Waals surface area contributed by atoms with Crippen LogP contribution < -0.4 is 5.32 Å². The highest BCUT2D eigenvalue weighted by atomic mass is 35.5. The van der Waals surface area contributed by atoms with Crippen LogP contribution in [-0.2, 0) is 17.8 Å². The number of benzene rings is 1. The lowest BCUT2D eigenvalue weighted by Crippen LogP contribution is -2.41. The Kier molecular flexibility index (Phi) is 3.49. The van der Waals surface area contributed by atoms with Crippen LogP contribution in [0.25, 0.3) is 0 Å². The lowest BCUT2D eigenvalue weighted by Gasteiger charge is -2.22. The summed E-state index contributed by atoms with van der Waals surface area (Å²) in [5.41, 5.74) is 2.36. The van der Waals surface area contributed by atoms with Crippen molar-refractivity contribution < 1.29 is 9.90 Å². The first kappa shape index (κ1) is 11.0. The molecule has 1 aliphatic heterocycles. The first-order chi connectivity index (χ1) is 6.27. The van der Waals surface area contributed by atoms with E-state index in [4.69, 9.17) is 5.11 Å². The van der Waals surface area contributed by atoms with Crippen LogP contribution in [0.15, 0.2) is 24.3 Å². The second kappa shape index (κ2) is 4.44. The molecule has 14 heavy (non-hydrogen) atoms. The van der Waals surface area contributed by atoms with Crippen molar-refractivity contribution in [3.8, 4) is 0 Å². The minimum atomic E-state index is -0.769. The van der Waals surface area contributed by atoms with Crippen molar-refractivity contribution >= 4 is 18.4 Å². The standard InChI is InChI=1S/C10H11NO2.ClH/c12-10(13)9-5-7-3-1-2-4-8(7)6-11-9;/h1-4,9,11H,5-6H2,(H,12,13);1H/t9-;/m0./s1. The maximum Gasteiger partial charge on any atom is 0.321 e. The minimum absolute atomic E-state index is 0. The maximum atomic E-state index is 10.7. The largest absolute Gasteiger partial charge is 0.480 e. The molecule has 76 valence electrons. The van der Waals surface area contributed by atoms with E-state index in [1.807, 2.05) is 24.3 Å². The third kappa shape index (κ3) is 2.05. The van der Waals surface area contributed by atoms with Crippen molar-refractivity contribution in [2.45, 2.75) is 19.0 Å². The van der Waals surface area contributed by atoms with Gasteiger partial charge in [0, 0.05) is 6.54 Å². The van der Waals surface area contributed by atoms with Crippen molar-refractivity contribution in [1.82, 2.24) is 5.32 Å². The van der Waals surface area contributed by atoms with E-state index >= 15 is 0 Å². The molecule has 0 unspecified atom stereocenters. The molecule has 0 bridgehead atoms. The van der Waals surface area contributed by atoms with Crippen LogP contribution in [0.5, 0.6) is 0 Å². The Labute approximate surface area is 88.5 Å². The molecule has 2 rings (SSSR count). The Bertz CT molecular complexity index is 341. The summed E-state index contributed by atoms with van der Waals surface area (Å²) in [6.45, 7) is 0.660. The molecule has 4 heteroatoms. The molecule has 2 N–H and O–H groups in total. The summed E-state index contributed by atoms with van der Waals surface area (Å²) in [7, 11) is 0. The molecule has 0 amide bonds. The van der Waals surface area contributed by atoms with E-state index in [2.05, 4.69) is 5.32 Å². The van der Waals surface area contributed by atoms with Gasteiger partial charge in [-0.25, -0.2) is 0 Å². The third-order valence-electron chi connectivity index (χ3n) is 2.38. The van der Waals surface area contributed by atoms with Crippen molar-refractivity contribution in [2.24, 2.45) is 0 Å². The van der Waals surface area contributed by atoms with E-state index in [-0.39, 0.29) is 12.4 Å². The molecule has 1 atom stereocenters. The number of hydrogen-bond acceptors (Lipinski definition) is 2. The topological polar surface area (TPSA) is 49.3 Å². The van der Waals surface area contributed by atoms with Gasteiger partial charge in [0.05, 0.1) is 0 Å². The summed E-state index contributed by atoms with van der Waals surface area (Å²) < 4.78 is 0. The van der Waals surface area contributed by atoms with Crippen molar-refractivity contribution in [3.63, 3.8) is 0 Å². The lowest BCUT2D eigenvalue weighted by atomic mass is 9.96. The average molecular weight is 214 g/mol. The molecule has 0 aliphatic carbocycles. The maximum absolute atomic E-state index is 10.7. The van der Waals surface area contributed by atoms with Gasteiger partial charge in [-0.1, -0.05) is 24.3 Å². The lowest BCUT2D eigenvalue weighted by molar-refractivity contribution is -0.139. The molecule has 1 aromatic rings. The molecule has 1 aromatic carbocycles. The summed E-state index contributed by atoms with van der Waals surface area (Å²) in [4.78, 5) is 10.7. The summed E-state index contributed by atoms with van der Waals surface area (Å²) in [5, 5.41) is 11.8. The van der Waals surface area contributed by atoms with E-state index in [0.29, 0.717) is 13.0 Å². The van der Waals surface area contributed by atoms with Gasteiger partial charge < -0.3 is 10.4 Å². The Hall–Kier alpha value is -1.06. The van der Waals surface area contributed by atoms with Crippen molar-refractivity contribution in [2.75, 3.05) is 0 Å². The molecular weight excluding hydrogens is 202 g/mol. The van der Waals surface area contributed by atoms with Crippen LogP contribution in [0, 0.1) is 0 Å². The van der Waals surface area contributed by atoms with Crippen LogP contribution in [0.4, 0.5) is 0 Å². The number of carbonyl (C=O) groups is 1. The predicted molar refractivity (Wildman–Crippen MR) is 55.7 cm³/mol. The monoisotopic (exact) mass is 213 g/mol. The zero-order chi connectivity index (χ0) is 9.26. The normalized spacial score (nSPS) is 19.3. The Balaban J connectivity index is 0.000000980. The van der Waals surface area contributed by atoms with Crippen molar-refractivity contribution in [1.29, 1.82) is 0 Å². The fourth-order valence-corrected chi connectivity index (χ4v) is 1.63. The summed E-state index contributed by atoms with van der Waals surface area (Å²) >= 11 is 0. The van der Waals surface area contributed by atoms with Gasteiger partial charge in [-0.15, -0.1) is 12.4 Å². The van der Waals surface area contributed by atoms with Crippen LogP contribution >= 0.6 is 12.4 Å². The van der Waals surface area contributed by atoms with Crippen LogP contribution in [-0.4, -0.2) is 17.1 Å². The van der Waals surface area contributed by atoms with Gasteiger partial charge in [-0.2, -0.15) is 0 Å². The zero-order valence-corrected chi connectivity index (χ0v) is 8.38. The number of aliphatic carboxylic acids is 1. The summed E-state index contributed by atoms with van der Waals surface area (Å²) in [5.74, 6) is -0.769. The number of rotatable bonds is 1. The molecule has 0 saturated heterocycles. The Morgan fingerprint density at radius 3 is 2.64 bits per heavy atom. The van der Waals surface area contributed by atoms with E-state index in [0.717, 1.165) is 5.56 Å². The second-order valence-electron chi connectivity index (χ2n) is 3.24. The number of nitrogens with one attached hydrogen (secondary N) is 1. The zero-order valence-electron chi connectivity index (χ0n) is 7.56. The number of carboxylic acid groups (broad SMARTS) is 1. The SMILES string of the molecule is Cl.O=C(O)[C@@H]1Cc2ccccc2CN1. The van der Waals surface area contributed by atoms with Gasteiger partial charge in [0.25, 0.3) is 0 Å². The minimum Gasteiger partial charge on any atom is -0.480 e. The van der Waals surface area contributed by atoms with Gasteiger partial charge in [0.15, 0.2) is 0 Å². The van der Waals surface area contributed by atoms with Crippen LogP contribution in [0.2, 0.25) is 0 Å². The van der Waals surface area contributed by atoms with E-state index in [1.54, 1.807) is 0 Å². The average Bonchev–Trinajstić information content (AvgIpc) is 2.17. The van der Waals surface area contributed by atoms with Crippen LogP contribution in [0.1, 0.15) is 11.1 Å². The molecule has 0 fully saturated rings. The van der Waals surface area contributed by atoms with E-state index in [1.165, 1.54) is 5.56 Å². The van der Waals surface area contributed by atoms with Gasteiger partial charge in [-0.05, 0) is 17.5 Å². The molecule has 0 spiro atoms. The number of halogens is 1. The highest BCUT2D eigenvalue weighted by Gasteiger charge is 2.22. The first-order valence-corrected chi connectivity index (χ1v) is 4.30. The fraction of sp³-hybridized carbons (Fsp3) is 0.300. The fourth-order valence-electron chi connectivity index (χ4n) is 1.63. The quantitative estimate of drug-likeness (QED) is 0.737. The highest BCUT2D eigenvalue weighted by molar-refractivity contribution is 5.85. The summed E-state index contributed by atoms with van der Waals surface area (Å²) in [6, 6.07) is 7.52. The van der Waals surface area contributed by atoms with Crippen LogP contribution in [0.3, 0.4) is 0 Å². The van der Waals surface area contributed by atoms with Gasteiger partial charge in [0.2, 0.25) is 0 Å². The molecule has 3 nitrogen and oxygen atoms in total. The molecular formula is C10H12ClNO2. The molecule has 0 radical (unpaired) electrons. The number of fused-ring (bicyclic) bond motifs is 1. The first-order valence-electron chi connectivity index (χ1n) is 4.30. The third-order valence-corrected chi connectivity index (χ3v) is 2.38.